The summed E-state index contributed by atoms with van der Waals surface area (Å²) in [5.74, 6) is -1.26. The van der Waals surface area contributed by atoms with Crippen molar-refractivity contribution >= 4 is 34.8 Å². The molecule has 138 valence electrons. The average Bonchev–Trinajstić information content (AvgIpc) is 3.35. The Morgan fingerprint density at radius 2 is 1.85 bits per heavy atom. The van der Waals surface area contributed by atoms with E-state index in [1.54, 1.807) is 17.4 Å². The van der Waals surface area contributed by atoms with Crippen LogP contribution in [0.1, 0.15) is 30.0 Å². The van der Waals surface area contributed by atoms with Gasteiger partial charge in [0.05, 0.1) is 6.04 Å². The summed E-state index contributed by atoms with van der Waals surface area (Å²) in [7, 11) is 0. The van der Waals surface area contributed by atoms with Crippen molar-refractivity contribution in [2.45, 2.75) is 25.4 Å². The van der Waals surface area contributed by atoms with E-state index in [9.17, 15) is 9.59 Å². The molecule has 1 saturated heterocycles. The first-order valence-electron chi connectivity index (χ1n) is 8.70. The molecule has 1 unspecified atom stereocenters. The van der Waals surface area contributed by atoms with Crippen LogP contribution in [0.15, 0.2) is 41.1 Å². The Morgan fingerprint density at radius 1 is 1.12 bits per heavy atom. The van der Waals surface area contributed by atoms with Gasteiger partial charge < -0.3 is 10.6 Å². The third-order valence-electron chi connectivity index (χ3n) is 4.57. The molecule has 2 aromatic rings. The maximum absolute atomic E-state index is 12.2. The van der Waals surface area contributed by atoms with Crippen LogP contribution in [-0.4, -0.2) is 36.3 Å². The summed E-state index contributed by atoms with van der Waals surface area (Å²) in [6, 6.07) is 9.43. The molecule has 7 heteroatoms. The second-order valence-corrected chi connectivity index (χ2v) is 7.49. The molecule has 0 saturated carbocycles. The lowest BCUT2D eigenvalue weighted by Gasteiger charge is -2.27. The molecule has 1 aromatic heterocycles. The molecule has 1 fully saturated rings. The summed E-state index contributed by atoms with van der Waals surface area (Å²) < 4.78 is 0. The number of thiophene rings is 1. The van der Waals surface area contributed by atoms with Gasteiger partial charge in [-0.15, -0.1) is 0 Å². The van der Waals surface area contributed by atoms with E-state index in [0.29, 0.717) is 11.6 Å². The Hall–Kier alpha value is -1.89. The van der Waals surface area contributed by atoms with Crippen LogP contribution < -0.4 is 10.6 Å². The van der Waals surface area contributed by atoms with Gasteiger partial charge in [-0.05, 0) is 60.0 Å². The predicted octanol–water partition coefficient (Wildman–Crippen LogP) is 2.97. The van der Waals surface area contributed by atoms with Crippen molar-refractivity contribution in [1.82, 2.24) is 15.5 Å². The maximum Gasteiger partial charge on any atom is 0.309 e. The Morgan fingerprint density at radius 3 is 2.54 bits per heavy atom. The molecule has 5 nitrogen and oxygen atoms in total. The highest BCUT2D eigenvalue weighted by Crippen LogP contribution is 2.26. The molecule has 0 aliphatic carbocycles. The van der Waals surface area contributed by atoms with E-state index in [2.05, 4.69) is 27.0 Å². The molecule has 26 heavy (non-hydrogen) atoms. The first-order chi connectivity index (χ1) is 12.6. The number of benzene rings is 1. The van der Waals surface area contributed by atoms with Crippen LogP contribution in [-0.2, 0) is 16.1 Å². The lowest BCUT2D eigenvalue weighted by atomic mass is 10.1. The van der Waals surface area contributed by atoms with Crippen molar-refractivity contribution < 1.29 is 9.59 Å². The van der Waals surface area contributed by atoms with E-state index in [1.165, 1.54) is 18.4 Å². The number of nitrogens with zero attached hydrogens (tertiary/aromatic N) is 1. The second-order valence-electron chi connectivity index (χ2n) is 6.30. The number of carbonyl (C=O) groups is 2. The van der Waals surface area contributed by atoms with Crippen molar-refractivity contribution in [3.05, 3.63) is 57.2 Å². The van der Waals surface area contributed by atoms with Crippen molar-refractivity contribution in [3.8, 4) is 0 Å². The first-order valence-corrected chi connectivity index (χ1v) is 10.0. The van der Waals surface area contributed by atoms with Crippen molar-refractivity contribution in [3.63, 3.8) is 0 Å². The number of hydrogen-bond acceptors (Lipinski definition) is 4. The molecule has 0 bridgehead atoms. The van der Waals surface area contributed by atoms with Gasteiger partial charge in [0.25, 0.3) is 0 Å². The summed E-state index contributed by atoms with van der Waals surface area (Å²) >= 11 is 7.71. The zero-order valence-corrected chi connectivity index (χ0v) is 16.0. The smallest absolute Gasteiger partial charge is 0.309 e. The fourth-order valence-corrected chi connectivity index (χ4v) is 4.05. The molecule has 2 N–H and O–H groups in total. The van der Waals surface area contributed by atoms with Gasteiger partial charge in [0.15, 0.2) is 0 Å². The topological polar surface area (TPSA) is 61.4 Å². The SMILES string of the molecule is O=C(NCc1ccccc1Cl)C(=O)NCC(c1ccsc1)N1CCCC1. The molecule has 2 heterocycles. The van der Waals surface area contributed by atoms with Crippen LogP contribution in [0.3, 0.4) is 0 Å². The van der Waals surface area contributed by atoms with Crippen molar-refractivity contribution in [2.24, 2.45) is 0 Å². The number of halogens is 1. The molecule has 0 spiro atoms. The largest absolute Gasteiger partial charge is 0.346 e. The Bertz CT molecular complexity index is 745. The van der Waals surface area contributed by atoms with E-state index < -0.39 is 11.8 Å². The standard InChI is InChI=1S/C19H22ClN3O2S/c20-16-6-2-1-5-14(16)11-21-18(24)19(25)22-12-17(15-7-10-26-13-15)23-8-3-4-9-23/h1-2,5-7,10,13,17H,3-4,8-9,11-12H2,(H,21,24)(H,22,25). The Labute approximate surface area is 162 Å². The third kappa shape index (κ3) is 4.84. The van der Waals surface area contributed by atoms with Gasteiger partial charge >= 0.3 is 11.8 Å². The highest BCUT2D eigenvalue weighted by atomic mass is 35.5. The molecule has 2 amide bonds. The molecular formula is C19H22ClN3O2S. The minimum atomic E-state index is -0.643. The van der Waals surface area contributed by atoms with E-state index in [4.69, 9.17) is 11.6 Å². The first kappa shape index (κ1) is 18.9. The number of likely N-dealkylation sites (tertiary alicyclic amines) is 1. The van der Waals surface area contributed by atoms with Crippen LogP contribution in [0.4, 0.5) is 0 Å². The van der Waals surface area contributed by atoms with Crippen LogP contribution >= 0.6 is 22.9 Å². The number of nitrogens with one attached hydrogen (secondary N) is 2. The molecule has 1 aliphatic heterocycles. The van der Waals surface area contributed by atoms with Crippen LogP contribution in [0.5, 0.6) is 0 Å². The lowest BCUT2D eigenvalue weighted by molar-refractivity contribution is -0.139. The Balaban J connectivity index is 1.53. The van der Waals surface area contributed by atoms with Crippen molar-refractivity contribution in [1.29, 1.82) is 0 Å². The molecule has 1 atom stereocenters. The molecular weight excluding hydrogens is 370 g/mol. The summed E-state index contributed by atoms with van der Waals surface area (Å²) in [6.45, 7) is 2.70. The number of carbonyl (C=O) groups excluding carboxylic acids is 2. The maximum atomic E-state index is 12.2. The van der Waals surface area contributed by atoms with Crippen molar-refractivity contribution in [2.75, 3.05) is 19.6 Å². The van der Waals surface area contributed by atoms with Gasteiger partial charge in [-0.3, -0.25) is 14.5 Å². The highest BCUT2D eigenvalue weighted by Gasteiger charge is 2.25. The number of hydrogen-bond donors (Lipinski definition) is 2. The summed E-state index contributed by atoms with van der Waals surface area (Å²) in [6.07, 6.45) is 2.35. The van der Waals surface area contributed by atoms with Gasteiger partial charge in [0, 0.05) is 18.1 Å². The molecule has 0 radical (unpaired) electrons. The van der Waals surface area contributed by atoms with Gasteiger partial charge in [-0.2, -0.15) is 11.3 Å². The number of rotatable bonds is 6. The highest BCUT2D eigenvalue weighted by molar-refractivity contribution is 7.08. The zero-order valence-electron chi connectivity index (χ0n) is 14.4. The fraction of sp³-hybridized carbons (Fsp3) is 0.368. The fourth-order valence-electron chi connectivity index (χ4n) is 3.14. The summed E-state index contributed by atoms with van der Waals surface area (Å²) in [5.41, 5.74) is 1.97. The monoisotopic (exact) mass is 391 g/mol. The minimum Gasteiger partial charge on any atom is -0.346 e. The average molecular weight is 392 g/mol. The third-order valence-corrected chi connectivity index (χ3v) is 5.64. The van der Waals surface area contributed by atoms with Gasteiger partial charge in [0.1, 0.15) is 0 Å². The summed E-state index contributed by atoms with van der Waals surface area (Å²) in [5, 5.41) is 10.1. The minimum absolute atomic E-state index is 0.115. The van der Waals surface area contributed by atoms with Crippen LogP contribution in [0, 0.1) is 0 Å². The molecule has 1 aromatic carbocycles. The lowest BCUT2D eigenvalue weighted by Crippen LogP contribution is -2.43. The van der Waals surface area contributed by atoms with E-state index in [1.807, 2.05) is 23.6 Å². The quantitative estimate of drug-likeness (QED) is 0.744. The van der Waals surface area contributed by atoms with Crippen LogP contribution in [0.25, 0.3) is 0 Å². The van der Waals surface area contributed by atoms with E-state index >= 15 is 0 Å². The Kier molecular flexibility index (Phi) is 6.66. The zero-order chi connectivity index (χ0) is 18.4. The summed E-state index contributed by atoms with van der Waals surface area (Å²) in [4.78, 5) is 26.6. The normalized spacial score (nSPS) is 15.6. The molecule has 1 aliphatic rings. The van der Waals surface area contributed by atoms with Gasteiger partial charge in [-0.25, -0.2) is 0 Å². The van der Waals surface area contributed by atoms with E-state index in [0.717, 1.165) is 18.7 Å². The van der Waals surface area contributed by atoms with Gasteiger partial charge in [0.2, 0.25) is 0 Å². The van der Waals surface area contributed by atoms with E-state index in [-0.39, 0.29) is 12.6 Å². The van der Waals surface area contributed by atoms with Crippen LogP contribution in [0.2, 0.25) is 5.02 Å². The molecule has 3 rings (SSSR count). The second kappa shape index (κ2) is 9.16. The van der Waals surface area contributed by atoms with Gasteiger partial charge in [-0.1, -0.05) is 29.8 Å². The predicted molar refractivity (Wildman–Crippen MR) is 104 cm³/mol. The number of amides is 2.